The molecule has 0 radical (unpaired) electrons. The van der Waals surface area contributed by atoms with E-state index in [-0.39, 0.29) is 11.9 Å². The van der Waals surface area contributed by atoms with Gasteiger partial charge < -0.3 is 14.8 Å². The van der Waals surface area contributed by atoms with E-state index in [1.165, 1.54) is 18.1 Å². The van der Waals surface area contributed by atoms with Crippen LogP contribution in [0.25, 0.3) is 0 Å². The van der Waals surface area contributed by atoms with Crippen molar-refractivity contribution < 1.29 is 14.3 Å². The number of ether oxygens (including phenoxy) is 2. The summed E-state index contributed by atoms with van der Waals surface area (Å²) in [4.78, 5) is 17.1. The Bertz CT molecular complexity index is 963. The molecule has 0 saturated heterocycles. The summed E-state index contributed by atoms with van der Waals surface area (Å²) >= 11 is 1.50. The molecule has 1 aromatic heterocycles. The topological polar surface area (TPSA) is 89.1 Å². The second-order valence-corrected chi connectivity index (χ2v) is 7.47. The Balaban J connectivity index is 1.72. The predicted molar refractivity (Wildman–Crippen MR) is 117 cm³/mol. The first kappa shape index (κ1) is 21.7. The number of aromatic nitrogens is 3. The van der Waals surface area contributed by atoms with Crippen LogP contribution in [0.3, 0.4) is 0 Å². The highest BCUT2D eigenvalue weighted by Gasteiger charge is 2.17. The molecule has 8 heteroatoms. The highest BCUT2D eigenvalue weighted by molar-refractivity contribution is 7.98. The second-order valence-electron chi connectivity index (χ2n) is 6.50. The number of carbonyl (C=O) groups is 1. The summed E-state index contributed by atoms with van der Waals surface area (Å²) in [7, 11) is 0. The minimum Gasteiger partial charge on any atom is -0.490 e. The third kappa shape index (κ3) is 5.54. The van der Waals surface area contributed by atoms with Crippen LogP contribution in [0.1, 0.15) is 48.3 Å². The molecule has 0 aliphatic rings. The fourth-order valence-electron chi connectivity index (χ4n) is 2.97. The zero-order chi connectivity index (χ0) is 21.3. The lowest BCUT2D eigenvalue weighted by Gasteiger charge is -2.18. The number of aromatic amines is 1. The maximum absolute atomic E-state index is 13.0. The molecule has 0 spiro atoms. The monoisotopic (exact) mass is 426 g/mol. The first-order chi connectivity index (χ1) is 14.6. The van der Waals surface area contributed by atoms with Crippen LogP contribution in [0.4, 0.5) is 0 Å². The van der Waals surface area contributed by atoms with Gasteiger partial charge in [0.05, 0.1) is 19.3 Å². The van der Waals surface area contributed by atoms with Crippen molar-refractivity contribution >= 4 is 17.7 Å². The molecule has 0 fully saturated rings. The van der Waals surface area contributed by atoms with E-state index in [4.69, 9.17) is 9.47 Å². The lowest BCUT2D eigenvalue weighted by molar-refractivity contribution is 0.0939. The summed E-state index contributed by atoms with van der Waals surface area (Å²) in [5.74, 6) is 1.88. The third-order valence-electron chi connectivity index (χ3n) is 4.43. The van der Waals surface area contributed by atoms with Gasteiger partial charge >= 0.3 is 0 Å². The number of carbonyl (C=O) groups excluding carboxylic acids is 1. The number of nitrogens with one attached hydrogen (secondary N) is 2. The van der Waals surface area contributed by atoms with Gasteiger partial charge in [-0.3, -0.25) is 9.89 Å². The molecule has 0 saturated carbocycles. The Hall–Kier alpha value is -3.00. The van der Waals surface area contributed by atoms with Crippen molar-refractivity contribution in [3.05, 3.63) is 65.5 Å². The van der Waals surface area contributed by atoms with Crippen molar-refractivity contribution in [2.75, 3.05) is 13.2 Å². The summed E-state index contributed by atoms with van der Waals surface area (Å²) in [5.41, 5.74) is 2.53. The summed E-state index contributed by atoms with van der Waals surface area (Å²) in [5, 5.41) is 10.5. The molecule has 158 valence electrons. The summed E-state index contributed by atoms with van der Waals surface area (Å²) < 4.78 is 11.3. The van der Waals surface area contributed by atoms with Gasteiger partial charge in [-0.2, -0.15) is 5.10 Å². The number of hydrogen-bond acceptors (Lipinski definition) is 6. The fraction of sp³-hybridized carbons (Fsp3) is 0.318. The van der Waals surface area contributed by atoms with Crippen LogP contribution in [0.2, 0.25) is 0 Å². The molecule has 2 aromatic carbocycles. The number of thioether (sulfide) groups is 1. The average Bonchev–Trinajstić information content (AvgIpc) is 3.27. The van der Waals surface area contributed by atoms with Crippen molar-refractivity contribution in [2.45, 2.75) is 37.7 Å². The van der Waals surface area contributed by atoms with Gasteiger partial charge in [0.2, 0.25) is 0 Å². The number of nitrogens with zero attached hydrogens (tertiary/aromatic N) is 2. The molecule has 0 aliphatic carbocycles. The van der Waals surface area contributed by atoms with Crippen molar-refractivity contribution in [3.8, 4) is 11.5 Å². The molecule has 0 bridgehead atoms. The van der Waals surface area contributed by atoms with E-state index in [0.29, 0.717) is 36.0 Å². The van der Waals surface area contributed by atoms with E-state index in [2.05, 4.69) is 20.5 Å². The van der Waals surface area contributed by atoms with E-state index in [1.807, 2.05) is 63.2 Å². The number of amides is 1. The lowest BCUT2D eigenvalue weighted by Crippen LogP contribution is -2.27. The standard InChI is InChI=1S/C22H26N4O3S/c1-4-28-19-11-10-16(12-20(19)29-5-2)15(3)25-21(27)18-9-7-6-8-17(18)13-30-22-23-14-24-26-22/h6-12,14-15H,4-5,13H2,1-3H3,(H,25,27)(H,23,24,26)/t15-/m1/s1. The summed E-state index contributed by atoms with van der Waals surface area (Å²) in [6.45, 7) is 6.93. The van der Waals surface area contributed by atoms with Gasteiger partial charge in [-0.25, -0.2) is 4.98 Å². The highest BCUT2D eigenvalue weighted by atomic mass is 32.2. The van der Waals surface area contributed by atoms with Crippen molar-refractivity contribution in [1.82, 2.24) is 20.5 Å². The maximum atomic E-state index is 13.0. The number of rotatable bonds is 10. The molecule has 7 nitrogen and oxygen atoms in total. The Morgan fingerprint density at radius 3 is 2.63 bits per heavy atom. The van der Waals surface area contributed by atoms with Crippen molar-refractivity contribution in [2.24, 2.45) is 0 Å². The average molecular weight is 427 g/mol. The number of H-pyrrole nitrogens is 1. The quantitative estimate of drug-likeness (QED) is 0.468. The Morgan fingerprint density at radius 1 is 1.13 bits per heavy atom. The van der Waals surface area contributed by atoms with Gasteiger partial charge in [-0.1, -0.05) is 36.0 Å². The van der Waals surface area contributed by atoms with Gasteiger partial charge in [0.15, 0.2) is 16.7 Å². The van der Waals surface area contributed by atoms with E-state index in [9.17, 15) is 4.79 Å². The zero-order valence-corrected chi connectivity index (χ0v) is 18.2. The van der Waals surface area contributed by atoms with Crippen molar-refractivity contribution in [3.63, 3.8) is 0 Å². The fourth-order valence-corrected chi connectivity index (χ4v) is 3.76. The number of hydrogen-bond donors (Lipinski definition) is 2. The SMILES string of the molecule is CCOc1ccc([C@@H](C)NC(=O)c2ccccc2CSc2ncn[nH]2)cc1OCC. The van der Waals surface area contributed by atoms with E-state index < -0.39 is 0 Å². The molecule has 1 amide bonds. The molecule has 1 heterocycles. The molecule has 3 aromatic rings. The zero-order valence-electron chi connectivity index (χ0n) is 17.3. The molecule has 0 unspecified atom stereocenters. The Kier molecular flexibility index (Phi) is 7.73. The van der Waals surface area contributed by atoms with Gasteiger partial charge in [-0.05, 0) is 50.1 Å². The molecule has 1 atom stereocenters. The third-order valence-corrected chi connectivity index (χ3v) is 5.36. The first-order valence-corrected chi connectivity index (χ1v) is 10.9. The van der Waals surface area contributed by atoms with Crippen LogP contribution in [0.5, 0.6) is 11.5 Å². The minimum atomic E-state index is -0.192. The number of benzene rings is 2. The molecule has 3 rings (SSSR count). The molecular formula is C22H26N4O3S. The Morgan fingerprint density at radius 2 is 1.90 bits per heavy atom. The lowest BCUT2D eigenvalue weighted by atomic mass is 10.0. The van der Waals surface area contributed by atoms with E-state index in [1.54, 1.807) is 0 Å². The molecule has 0 aliphatic heterocycles. The van der Waals surface area contributed by atoms with Crippen LogP contribution in [0.15, 0.2) is 53.9 Å². The van der Waals surface area contributed by atoms with Crippen LogP contribution in [-0.2, 0) is 5.75 Å². The van der Waals surface area contributed by atoms with Crippen LogP contribution in [-0.4, -0.2) is 34.3 Å². The smallest absolute Gasteiger partial charge is 0.252 e. The van der Waals surface area contributed by atoms with Crippen molar-refractivity contribution in [1.29, 1.82) is 0 Å². The van der Waals surface area contributed by atoms with Crippen LogP contribution in [0, 0.1) is 0 Å². The van der Waals surface area contributed by atoms with Gasteiger partial charge in [0.1, 0.15) is 6.33 Å². The largest absolute Gasteiger partial charge is 0.490 e. The van der Waals surface area contributed by atoms with Gasteiger partial charge in [-0.15, -0.1) is 0 Å². The molecular weight excluding hydrogens is 400 g/mol. The molecule has 2 N–H and O–H groups in total. The van der Waals surface area contributed by atoms with Gasteiger partial charge in [0.25, 0.3) is 5.91 Å². The summed E-state index contributed by atoms with van der Waals surface area (Å²) in [6, 6.07) is 13.1. The second kappa shape index (κ2) is 10.7. The minimum absolute atomic E-state index is 0.122. The highest BCUT2D eigenvalue weighted by Crippen LogP contribution is 2.31. The van der Waals surface area contributed by atoms with E-state index >= 15 is 0 Å². The maximum Gasteiger partial charge on any atom is 0.252 e. The molecule has 30 heavy (non-hydrogen) atoms. The predicted octanol–water partition coefficient (Wildman–Crippen LogP) is 4.39. The van der Waals surface area contributed by atoms with Gasteiger partial charge in [0, 0.05) is 11.3 Å². The first-order valence-electron chi connectivity index (χ1n) is 9.88. The van der Waals surface area contributed by atoms with Crippen LogP contribution >= 0.6 is 11.8 Å². The van der Waals surface area contributed by atoms with E-state index in [0.717, 1.165) is 16.3 Å². The van der Waals surface area contributed by atoms with Crippen LogP contribution < -0.4 is 14.8 Å². The Labute approximate surface area is 180 Å². The summed E-state index contributed by atoms with van der Waals surface area (Å²) in [6.07, 6.45) is 1.47. The normalized spacial score (nSPS) is 11.7.